The van der Waals surface area contributed by atoms with Crippen LogP contribution in [0.2, 0.25) is 5.02 Å². The zero-order valence-electron chi connectivity index (χ0n) is 15.9. The molecule has 26 heavy (non-hydrogen) atoms. The number of hydrogen-bond donors (Lipinski definition) is 1. The van der Waals surface area contributed by atoms with Gasteiger partial charge in [-0.05, 0) is 37.5 Å². The maximum absolute atomic E-state index is 11.1. The van der Waals surface area contributed by atoms with E-state index in [2.05, 4.69) is 37.8 Å². The van der Waals surface area contributed by atoms with Gasteiger partial charge in [0.05, 0.1) is 7.11 Å². The molecule has 0 saturated carbocycles. The maximum Gasteiger partial charge on any atom is 0.305 e. The first-order valence-corrected chi connectivity index (χ1v) is 9.46. The number of anilines is 1. The quantitative estimate of drug-likeness (QED) is 0.356. The van der Waals surface area contributed by atoms with E-state index in [0.717, 1.165) is 56.5 Å². The van der Waals surface area contributed by atoms with Gasteiger partial charge in [-0.15, -0.1) is 0 Å². The minimum Gasteiger partial charge on any atom is -0.469 e. The summed E-state index contributed by atoms with van der Waals surface area (Å²) in [7, 11) is 3.23. The Bertz CT molecular complexity index is 628. The number of guanidine groups is 1. The number of nitrogens with one attached hydrogen (secondary N) is 1. The molecule has 1 aromatic carbocycles. The van der Waals surface area contributed by atoms with Crippen molar-refractivity contribution < 1.29 is 9.53 Å². The Morgan fingerprint density at radius 1 is 1.27 bits per heavy atom. The number of aryl methyl sites for hydroxylation is 1. The molecular weight excluding hydrogens is 352 g/mol. The lowest BCUT2D eigenvalue weighted by Crippen LogP contribution is -2.52. The number of hydrogen-bond acceptors (Lipinski definition) is 4. The van der Waals surface area contributed by atoms with Crippen LogP contribution in [-0.2, 0) is 9.53 Å². The van der Waals surface area contributed by atoms with Crippen LogP contribution in [0.4, 0.5) is 5.69 Å². The van der Waals surface area contributed by atoms with Crippen molar-refractivity contribution in [2.45, 2.75) is 26.2 Å². The molecule has 0 bridgehead atoms. The number of aliphatic imine (C=N–C) groups is 1. The summed E-state index contributed by atoms with van der Waals surface area (Å²) in [6.45, 7) is 6.61. The first-order valence-electron chi connectivity index (χ1n) is 9.08. The van der Waals surface area contributed by atoms with Gasteiger partial charge in [-0.2, -0.15) is 0 Å². The van der Waals surface area contributed by atoms with E-state index in [1.165, 1.54) is 18.4 Å². The fourth-order valence-corrected chi connectivity index (χ4v) is 3.28. The van der Waals surface area contributed by atoms with Gasteiger partial charge in [0.25, 0.3) is 0 Å². The highest BCUT2D eigenvalue weighted by Crippen LogP contribution is 2.25. The molecule has 2 rings (SSSR count). The molecule has 0 unspecified atom stereocenters. The van der Waals surface area contributed by atoms with Crippen molar-refractivity contribution in [3.8, 4) is 0 Å². The fraction of sp³-hybridized carbons (Fsp3) is 0.579. The van der Waals surface area contributed by atoms with E-state index in [1.54, 1.807) is 0 Å². The zero-order valence-corrected chi connectivity index (χ0v) is 16.7. The largest absolute Gasteiger partial charge is 0.469 e. The van der Waals surface area contributed by atoms with Crippen molar-refractivity contribution in [1.29, 1.82) is 0 Å². The van der Waals surface area contributed by atoms with E-state index in [4.69, 9.17) is 11.6 Å². The lowest BCUT2D eigenvalue weighted by molar-refractivity contribution is -0.140. The second-order valence-electron chi connectivity index (χ2n) is 6.41. The van der Waals surface area contributed by atoms with Gasteiger partial charge >= 0.3 is 5.97 Å². The third-order valence-corrected chi connectivity index (χ3v) is 4.86. The predicted molar refractivity (Wildman–Crippen MR) is 107 cm³/mol. The summed E-state index contributed by atoms with van der Waals surface area (Å²) in [6.07, 6.45) is 2.20. The molecule has 1 aliphatic rings. The van der Waals surface area contributed by atoms with Gasteiger partial charge in [0, 0.05) is 56.9 Å². The van der Waals surface area contributed by atoms with Gasteiger partial charge in [-0.3, -0.25) is 9.79 Å². The van der Waals surface area contributed by atoms with Gasteiger partial charge in [0.15, 0.2) is 5.96 Å². The molecular formula is C19H29ClN4O2. The van der Waals surface area contributed by atoms with Crippen LogP contribution in [0.15, 0.2) is 23.2 Å². The first-order chi connectivity index (χ1) is 12.5. The van der Waals surface area contributed by atoms with E-state index in [0.29, 0.717) is 6.42 Å². The molecule has 0 aliphatic carbocycles. The molecule has 1 fully saturated rings. The Morgan fingerprint density at radius 2 is 2.00 bits per heavy atom. The Kier molecular flexibility index (Phi) is 8.04. The fourth-order valence-electron chi connectivity index (χ4n) is 3.11. The number of methoxy groups -OCH3 is 1. The van der Waals surface area contributed by atoms with Crippen molar-refractivity contribution >= 4 is 29.2 Å². The van der Waals surface area contributed by atoms with E-state index < -0.39 is 0 Å². The van der Waals surface area contributed by atoms with E-state index >= 15 is 0 Å². The monoisotopic (exact) mass is 380 g/mol. The van der Waals surface area contributed by atoms with Crippen molar-refractivity contribution in [2.75, 3.05) is 51.8 Å². The molecule has 0 aromatic heterocycles. The molecule has 0 amide bonds. The molecule has 1 saturated heterocycles. The van der Waals surface area contributed by atoms with Gasteiger partial charge in [0.2, 0.25) is 0 Å². The number of esters is 1. The smallest absolute Gasteiger partial charge is 0.305 e. The number of nitrogens with zero attached hydrogens (tertiary/aromatic N) is 3. The summed E-state index contributed by atoms with van der Waals surface area (Å²) in [5, 5.41) is 4.17. The van der Waals surface area contributed by atoms with E-state index in [-0.39, 0.29) is 5.97 Å². The average Bonchev–Trinajstić information content (AvgIpc) is 2.66. The second kappa shape index (κ2) is 10.3. The number of rotatable bonds is 6. The predicted octanol–water partition coefficient (Wildman–Crippen LogP) is 2.69. The Morgan fingerprint density at radius 3 is 2.65 bits per heavy atom. The first kappa shape index (κ1) is 20.4. The number of carbonyl (C=O) groups excluding carboxylic acids is 1. The SMILES string of the molecule is CN=C(NCCCCC(=O)OC)N1CCN(c2cc(Cl)ccc2C)CC1. The van der Waals surface area contributed by atoms with Crippen molar-refractivity contribution in [1.82, 2.24) is 10.2 Å². The summed E-state index contributed by atoms with van der Waals surface area (Å²) in [6, 6.07) is 6.04. The molecule has 1 N–H and O–H groups in total. The molecule has 0 spiro atoms. The highest BCUT2D eigenvalue weighted by Gasteiger charge is 2.20. The molecule has 1 heterocycles. The van der Waals surface area contributed by atoms with E-state index in [1.807, 2.05) is 19.2 Å². The average molecular weight is 381 g/mol. The van der Waals surface area contributed by atoms with Crippen molar-refractivity contribution in [2.24, 2.45) is 4.99 Å². The molecule has 0 radical (unpaired) electrons. The minimum atomic E-state index is -0.151. The van der Waals surface area contributed by atoms with Gasteiger partial charge in [-0.1, -0.05) is 17.7 Å². The molecule has 1 aliphatic heterocycles. The highest BCUT2D eigenvalue weighted by molar-refractivity contribution is 6.30. The Balaban J connectivity index is 1.78. The number of ether oxygens (including phenoxy) is 1. The summed E-state index contributed by atoms with van der Waals surface area (Å²) >= 11 is 6.15. The Labute approximate surface area is 161 Å². The van der Waals surface area contributed by atoms with E-state index in [9.17, 15) is 4.79 Å². The molecule has 0 atom stereocenters. The standard InChI is InChI=1S/C19H29ClN4O2/c1-15-7-8-16(20)14-17(15)23-10-12-24(13-11-23)19(21-2)22-9-5-4-6-18(25)26-3/h7-8,14H,4-6,9-13H2,1-3H3,(H,21,22). The number of carbonyl (C=O) groups is 1. The summed E-state index contributed by atoms with van der Waals surface area (Å²) in [4.78, 5) is 20.2. The van der Waals surface area contributed by atoms with Gasteiger partial charge in [0.1, 0.15) is 0 Å². The molecule has 6 nitrogen and oxygen atoms in total. The third kappa shape index (κ3) is 5.80. The molecule has 144 valence electrons. The topological polar surface area (TPSA) is 57.2 Å². The normalized spacial score (nSPS) is 15.2. The van der Waals surface area contributed by atoms with Crippen LogP contribution >= 0.6 is 11.6 Å². The van der Waals surface area contributed by atoms with Crippen LogP contribution in [0.25, 0.3) is 0 Å². The molecule has 7 heteroatoms. The van der Waals surface area contributed by atoms with Crippen LogP contribution in [0.1, 0.15) is 24.8 Å². The lowest BCUT2D eigenvalue weighted by atomic mass is 10.1. The second-order valence-corrected chi connectivity index (χ2v) is 6.85. The minimum absolute atomic E-state index is 0.151. The van der Waals surface area contributed by atoms with Crippen molar-refractivity contribution in [3.63, 3.8) is 0 Å². The van der Waals surface area contributed by atoms with Crippen LogP contribution in [0.5, 0.6) is 0 Å². The van der Waals surface area contributed by atoms with Gasteiger partial charge in [-0.25, -0.2) is 0 Å². The summed E-state index contributed by atoms with van der Waals surface area (Å²) in [5.74, 6) is 0.771. The molecule has 1 aromatic rings. The zero-order chi connectivity index (χ0) is 18.9. The van der Waals surface area contributed by atoms with Gasteiger partial charge < -0.3 is 19.9 Å². The highest BCUT2D eigenvalue weighted by atomic mass is 35.5. The number of halogens is 1. The Hall–Kier alpha value is -1.95. The van der Waals surface area contributed by atoms with Crippen LogP contribution < -0.4 is 10.2 Å². The maximum atomic E-state index is 11.1. The summed E-state index contributed by atoms with van der Waals surface area (Å²) in [5.41, 5.74) is 2.46. The number of unbranched alkanes of at least 4 members (excludes halogenated alkanes) is 1. The van der Waals surface area contributed by atoms with Crippen LogP contribution in [0.3, 0.4) is 0 Å². The number of benzene rings is 1. The van der Waals surface area contributed by atoms with Crippen LogP contribution in [0, 0.1) is 6.92 Å². The van der Waals surface area contributed by atoms with Crippen molar-refractivity contribution in [3.05, 3.63) is 28.8 Å². The third-order valence-electron chi connectivity index (χ3n) is 4.62. The summed E-state index contributed by atoms with van der Waals surface area (Å²) < 4.78 is 4.65. The number of piperazine rings is 1. The van der Waals surface area contributed by atoms with Crippen LogP contribution in [-0.4, -0.2) is 63.7 Å². The lowest BCUT2D eigenvalue weighted by Gasteiger charge is -2.38.